The molecule has 1 aromatic rings. The molecular weight excluding hydrogens is 246 g/mol. The van der Waals surface area contributed by atoms with Crippen LogP contribution in [0.3, 0.4) is 0 Å². The van der Waals surface area contributed by atoms with Crippen LogP contribution in [-0.2, 0) is 9.53 Å². The van der Waals surface area contributed by atoms with Gasteiger partial charge in [-0.15, -0.1) is 0 Å². The van der Waals surface area contributed by atoms with E-state index in [1.54, 1.807) is 25.3 Å². The van der Waals surface area contributed by atoms with Gasteiger partial charge in [-0.1, -0.05) is 6.92 Å². The molecule has 0 aromatic carbocycles. The van der Waals surface area contributed by atoms with Crippen LogP contribution in [0.2, 0.25) is 0 Å². The molecule has 1 saturated carbocycles. The van der Waals surface area contributed by atoms with E-state index in [-0.39, 0.29) is 18.7 Å². The molecule has 0 bridgehead atoms. The van der Waals surface area contributed by atoms with Gasteiger partial charge in [-0.2, -0.15) is 0 Å². The Balaban J connectivity index is 1.76. The van der Waals surface area contributed by atoms with Gasteiger partial charge in [-0.3, -0.25) is 0 Å². The summed E-state index contributed by atoms with van der Waals surface area (Å²) in [5.41, 5.74) is 0. The van der Waals surface area contributed by atoms with Crippen molar-refractivity contribution in [2.24, 2.45) is 5.92 Å². The van der Waals surface area contributed by atoms with E-state index in [0.717, 1.165) is 18.8 Å². The fourth-order valence-corrected chi connectivity index (χ4v) is 1.96. The molecule has 0 atom stereocenters. The lowest BCUT2D eigenvalue weighted by Crippen LogP contribution is -2.32. The summed E-state index contributed by atoms with van der Waals surface area (Å²) in [7, 11) is 0. The maximum atomic E-state index is 11.1. The summed E-state index contributed by atoms with van der Waals surface area (Å²) in [5.74, 6) is 1.49. The monoisotopic (exact) mass is 265 g/mol. The first-order valence-electron chi connectivity index (χ1n) is 6.58. The first kappa shape index (κ1) is 13.6. The van der Waals surface area contributed by atoms with Crippen molar-refractivity contribution >= 4 is 5.97 Å². The molecule has 1 aliphatic rings. The minimum Gasteiger partial charge on any atom is -0.480 e. The highest BCUT2D eigenvalue weighted by atomic mass is 16.6. The zero-order chi connectivity index (χ0) is 13.7. The molecule has 19 heavy (non-hydrogen) atoms. The number of carbonyl (C=O) groups excluding carboxylic acids is 1. The Morgan fingerprint density at radius 2 is 2.21 bits per heavy atom. The fraction of sp³-hybridized carbons (Fsp3) is 0.571. The molecule has 1 heterocycles. The number of pyridine rings is 1. The van der Waals surface area contributed by atoms with Crippen LogP contribution in [0.25, 0.3) is 0 Å². The summed E-state index contributed by atoms with van der Waals surface area (Å²) in [5, 5.41) is 0. The molecule has 1 aromatic heterocycles. The number of hydrogen-bond acceptors (Lipinski definition) is 5. The number of esters is 1. The molecule has 0 amide bonds. The van der Waals surface area contributed by atoms with Crippen molar-refractivity contribution in [1.29, 1.82) is 0 Å². The number of aromatic nitrogens is 1. The Bertz CT molecular complexity index is 412. The molecule has 5 heteroatoms. The number of carbonyl (C=O) groups is 1. The molecule has 0 aliphatic heterocycles. The first-order valence-corrected chi connectivity index (χ1v) is 6.58. The third kappa shape index (κ3) is 4.12. The van der Waals surface area contributed by atoms with Crippen molar-refractivity contribution in [2.45, 2.75) is 32.8 Å². The average Bonchev–Trinajstić information content (AvgIpc) is 2.36. The Kier molecular flexibility index (Phi) is 4.60. The molecule has 0 saturated heterocycles. The normalized spacial score (nSPS) is 21.4. The minimum atomic E-state index is -0.383. The van der Waals surface area contributed by atoms with Crippen LogP contribution in [0, 0.1) is 5.92 Å². The molecular formula is C14H19NO4. The van der Waals surface area contributed by atoms with E-state index in [2.05, 4.69) is 11.9 Å². The Morgan fingerprint density at radius 1 is 1.42 bits per heavy atom. The SMILES string of the molecule is CCOC(=O)COc1ccc(O[C@H]2C[C@@H](C)C2)nc1. The van der Waals surface area contributed by atoms with Gasteiger partial charge in [0.15, 0.2) is 6.61 Å². The van der Waals surface area contributed by atoms with Crippen LogP contribution >= 0.6 is 0 Å². The maximum absolute atomic E-state index is 11.1. The predicted molar refractivity (Wildman–Crippen MR) is 69.2 cm³/mol. The van der Waals surface area contributed by atoms with Gasteiger partial charge in [0.2, 0.25) is 5.88 Å². The summed E-state index contributed by atoms with van der Waals surface area (Å²) in [6.45, 7) is 4.22. The lowest BCUT2D eigenvalue weighted by atomic mass is 9.84. The van der Waals surface area contributed by atoms with Gasteiger partial charge >= 0.3 is 5.97 Å². The van der Waals surface area contributed by atoms with Crippen molar-refractivity contribution in [1.82, 2.24) is 4.98 Å². The van der Waals surface area contributed by atoms with Crippen LogP contribution in [0.5, 0.6) is 11.6 Å². The van der Waals surface area contributed by atoms with Crippen molar-refractivity contribution in [2.75, 3.05) is 13.2 Å². The van der Waals surface area contributed by atoms with E-state index >= 15 is 0 Å². The van der Waals surface area contributed by atoms with E-state index in [1.165, 1.54) is 0 Å². The smallest absolute Gasteiger partial charge is 0.344 e. The van der Waals surface area contributed by atoms with E-state index in [0.29, 0.717) is 18.2 Å². The zero-order valence-electron chi connectivity index (χ0n) is 11.3. The Labute approximate surface area is 112 Å². The quantitative estimate of drug-likeness (QED) is 0.738. The Morgan fingerprint density at radius 3 is 2.79 bits per heavy atom. The van der Waals surface area contributed by atoms with Gasteiger partial charge in [0.25, 0.3) is 0 Å². The van der Waals surface area contributed by atoms with Crippen molar-refractivity contribution in [3.63, 3.8) is 0 Å². The molecule has 2 rings (SSSR count). The largest absolute Gasteiger partial charge is 0.480 e. The van der Waals surface area contributed by atoms with Crippen molar-refractivity contribution in [3.8, 4) is 11.6 Å². The number of ether oxygens (including phenoxy) is 3. The van der Waals surface area contributed by atoms with Gasteiger partial charge in [0.1, 0.15) is 11.9 Å². The number of nitrogens with zero attached hydrogens (tertiary/aromatic N) is 1. The summed E-state index contributed by atoms with van der Waals surface area (Å²) >= 11 is 0. The number of rotatable bonds is 6. The van der Waals surface area contributed by atoms with Crippen LogP contribution in [0.1, 0.15) is 26.7 Å². The van der Waals surface area contributed by atoms with Gasteiger partial charge in [0, 0.05) is 6.07 Å². The summed E-state index contributed by atoms with van der Waals surface area (Å²) in [6.07, 6.45) is 4.01. The van der Waals surface area contributed by atoms with Gasteiger partial charge < -0.3 is 14.2 Å². The van der Waals surface area contributed by atoms with Gasteiger partial charge in [-0.05, 0) is 31.7 Å². The Hall–Kier alpha value is -1.78. The maximum Gasteiger partial charge on any atom is 0.344 e. The third-order valence-corrected chi connectivity index (χ3v) is 2.99. The minimum absolute atomic E-state index is 0.101. The zero-order valence-corrected chi connectivity index (χ0v) is 11.3. The molecule has 0 unspecified atom stereocenters. The highest BCUT2D eigenvalue weighted by Gasteiger charge is 2.27. The topological polar surface area (TPSA) is 57.7 Å². The summed E-state index contributed by atoms with van der Waals surface area (Å²) < 4.78 is 15.7. The molecule has 1 aliphatic carbocycles. The van der Waals surface area contributed by atoms with Crippen molar-refractivity contribution in [3.05, 3.63) is 18.3 Å². The van der Waals surface area contributed by atoms with Crippen LogP contribution in [0.4, 0.5) is 0 Å². The first-order chi connectivity index (χ1) is 9.17. The van der Waals surface area contributed by atoms with Crippen LogP contribution in [-0.4, -0.2) is 30.3 Å². The number of hydrogen-bond donors (Lipinski definition) is 0. The highest BCUT2D eigenvalue weighted by molar-refractivity contribution is 5.71. The van der Waals surface area contributed by atoms with Crippen LogP contribution < -0.4 is 9.47 Å². The van der Waals surface area contributed by atoms with Crippen LogP contribution in [0.15, 0.2) is 18.3 Å². The third-order valence-electron chi connectivity index (χ3n) is 2.99. The second-order valence-electron chi connectivity index (χ2n) is 4.74. The van der Waals surface area contributed by atoms with Gasteiger partial charge in [-0.25, -0.2) is 9.78 Å². The molecule has 1 fully saturated rings. The van der Waals surface area contributed by atoms with E-state index < -0.39 is 0 Å². The second-order valence-corrected chi connectivity index (χ2v) is 4.74. The van der Waals surface area contributed by atoms with E-state index in [9.17, 15) is 4.79 Å². The second kappa shape index (κ2) is 6.41. The molecule has 0 N–H and O–H groups in total. The molecule has 5 nitrogen and oxygen atoms in total. The lowest BCUT2D eigenvalue weighted by Gasteiger charge is -2.32. The fourth-order valence-electron chi connectivity index (χ4n) is 1.96. The molecule has 0 spiro atoms. The lowest BCUT2D eigenvalue weighted by molar-refractivity contribution is -0.145. The molecule has 0 radical (unpaired) electrons. The summed E-state index contributed by atoms with van der Waals surface area (Å²) in [4.78, 5) is 15.3. The van der Waals surface area contributed by atoms with E-state index in [1.807, 2.05) is 0 Å². The highest BCUT2D eigenvalue weighted by Crippen LogP contribution is 2.30. The van der Waals surface area contributed by atoms with Gasteiger partial charge in [0.05, 0.1) is 12.8 Å². The predicted octanol–water partition coefficient (Wildman–Crippen LogP) is 2.20. The standard InChI is InChI=1S/C14H19NO4/c1-3-17-14(16)9-18-11-4-5-13(15-8-11)19-12-6-10(2)7-12/h4-5,8,10,12H,3,6-7,9H2,1-2H3/t10-,12+. The summed E-state index contributed by atoms with van der Waals surface area (Å²) in [6, 6.07) is 3.49. The van der Waals surface area contributed by atoms with Crippen molar-refractivity contribution < 1.29 is 19.0 Å². The molecule has 104 valence electrons. The average molecular weight is 265 g/mol. The van der Waals surface area contributed by atoms with E-state index in [4.69, 9.17) is 14.2 Å².